The first-order valence-electron chi connectivity index (χ1n) is 10.5. The van der Waals surface area contributed by atoms with Crippen molar-refractivity contribution in [2.24, 2.45) is 0 Å². The first-order chi connectivity index (χ1) is 15.3. The lowest BCUT2D eigenvalue weighted by Crippen LogP contribution is -2.33. The van der Waals surface area contributed by atoms with Crippen molar-refractivity contribution >= 4 is 21.6 Å². The van der Waals surface area contributed by atoms with Crippen molar-refractivity contribution in [1.29, 1.82) is 0 Å². The Labute approximate surface area is 188 Å². The Kier molecular flexibility index (Phi) is 6.02. The van der Waals surface area contributed by atoms with Gasteiger partial charge in [-0.25, -0.2) is 12.8 Å². The predicted molar refractivity (Wildman–Crippen MR) is 123 cm³/mol. The average molecular weight is 453 g/mol. The highest BCUT2D eigenvalue weighted by molar-refractivity contribution is 7.92. The summed E-state index contributed by atoms with van der Waals surface area (Å²) in [4.78, 5) is 15.0. The minimum Gasteiger partial charge on any atom is -0.331 e. The summed E-state index contributed by atoms with van der Waals surface area (Å²) in [5.74, 6) is -0.518. The van der Waals surface area contributed by atoms with E-state index in [1.807, 2.05) is 6.92 Å². The summed E-state index contributed by atoms with van der Waals surface area (Å²) >= 11 is 0. The van der Waals surface area contributed by atoms with Gasteiger partial charge in [0.1, 0.15) is 5.82 Å². The zero-order chi connectivity index (χ0) is 22.9. The molecule has 0 saturated heterocycles. The van der Waals surface area contributed by atoms with Gasteiger partial charge in [0.25, 0.3) is 15.9 Å². The van der Waals surface area contributed by atoms with Crippen LogP contribution in [0.25, 0.3) is 0 Å². The zero-order valence-corrected chi connectivity index (χ0v) is 18.8. The lowest BCUT2D eigenvalue weighted by molar-refractivity contribution is 0.0728. The van der Waals surface area contributed by atoms with Crippen molar-refractivity contribution in [3.63, 3.8) is 0 Å². The van der Waals surface area contributed by atoms with Gasteiger partial charge in [0, 0.05) is 30.8 Å². The van der Waals surface area contributed by atoms with Crippen LogP contribution in [-0.2, 0) is 16.6 Å². The molecule has 1 saturated carbocycles. The zero-order valence-electron chi connectivity index (χ0n) is 18.0. The van der Waals surface area contributed by atoms with Crippen LogP contribution in [0.2, 0.25) is 0 Å². The SMILES string of the molecule is Cc1ccc(S(=O)(=O)N(C)c2ccc(C(=O)N(Cc3ccccc3F)C3CC3)cc2)cc1. The quantitative estimate of drug-likeness (QED) is 0.519. The molecule has 3 aromatic rings. The van der Waals surface area contributed by atoms with Crippen molar-refractivity contribution in [2.75, 3.05) is 11.4 Å². The van der Waals surface area contributed by atoms with Crippen molar-refractivity contribution < 1.29 is 17.6 Å². The first-order valence-corrected chi connectivity index (χ1v) is 11.9. The van der Waals surface area contributed by atoms with E-state index in [1.54, 1.807) is 71.6 Å². The molecule has 1 amide bonds. The molecule has 0 heterocycles. The molecule has 0 N–H and O–H groups in total. The van der Waals surface area contributed by atoms with Gasteiger partial charge in [-0.2, -0.15) is 0 Å². The third kappa shape index (κ3) is 4.53. The van der Waals surface area contributed by atoms with Crippen LogP contribution in [-0.4, -0.2) is 32.3 Å². The summed E-state index contributed by atoms with van der Waals surface area (Å²) < 4.78 is 41.2. The molecule has 1 aliphatic rings. The van der Waals surface area contributed by atoms with Gasteiger partial charge in [0.15, 0.2) is 0 Å². The summed E-state index contributed by atoms with van der Waals surface area (Å²) in [6.07, 6.45) is 1.80. The van der Waals surface area contributed by atoms with Crippen LogP contribution >= 0.6 is 0 Å². The van der Waals surface area contributed by atoms with Gasteiger partial charge in [-0.1, -0.05) is 35.9 Å². The van der Waals surface area contributed by atoms with Gasteiger partial charge >= 0.3 is 0 Å². The number of rotatable bonds is 7. The number of carbonyl (C=O) groups excluding carboxylic acids is 1. The number of carbonyl (C=O) groups is 1. The van der Waals surface area contributed by atoms with Gasteiger partial charge in [-0.05, 0) is 62.2 Å². The van der Waals surface area contributed by atoms with Crippen LogP contribution in [0, 0.1) is 12.7 Å². The van der Waals surface area contributed by atoms with Gasteiger partial charge in [0.2, 0.25) is 0 Å². The monoisotopic (exact) mass is 452 g/mol. The Morgan fingerprint density at radius 2 is 1.59 bits per heavy atom. The fraction of sp³-hybridized carbons (Fsp3) is 0.240. The summed E-state index contributed by atoms with van der Waals surface area (Å²) in [6, 6.07) is 19.7. The molecular weight excluding hydrogens is 427 g/mol. The summed E-state index contributed by atoms with van der Waals surface area (Å²) in [7, 11) is -2.22. The molecule has 0 aromatic heterocycles. The van der Waals surface area contributed by atoms with Crippen molar-refractivity contribution in [3.8, 4) is 0 Å². The molecule has 7 heteroatoms. The maximum absolute atomic E-state index is 14.1. The number of amides is 1. The Bertz CT molecular complexity index is 1220. The van der Waals surface area contributed by atoms with E-state index in [2.05, 4.69) is 0 Å². The molecule has 0 atom stereocenters. The van der Waals surface area contributed by atoms with Crippen molar-refractivity contribution in [3.05, 3.63) is 95.3 Å². The second-order valence-corrected chi connectivity index (χ2v) is 10.1. The minimum atomic E-state index is -3.71. The summed E-state index contributed by atoms with van der Waals surface area (Å²) in [6.45, 7) is 2.10. The van der Waals surface area contributed by atoms with Crippen LogP contribution in [0.4, 0.5) is 10.1 Å². The van der Waals surface area contributed by atoms with Crippen molar-refractivity contribution in [2.45, 2.75) is 37.2 Å². The maximum Gasteiger partial charge on any atom is 0.264 e. The standard InChI is InChI=1S/C25H25FN2O3S/c1-18-7-15-23(16-8-18)32(30,31)27(2)21-11-9-19(10-12-21)25(29)28(22-13-14-22)17-20-5-3-4-6-24(20)26/h3-12,15-16,22H,13-14,17H2,1-2H3. The lowest BCUT2D eigenvalue weighted by Gasteiger charge is -2.24. The van der Waals surface area contributed by atoms with E-state index in [9.17, 15) is 17.6 Å². The first kappa shape index (κ1) is 22.0. The van der Waals surface area contributed by atoms with Gasteiger partial charge in [0.05, 0.1) is 10.6 Å². The van der Waals surface area contributed by atoms with E-state index in [1.165, 1.54) is 17.4 Å². The van der Waals surface area contributed by atoms with E-state index in [0.717, 1.165) is 18.4 Å². The Balaban J connectivity index is 1.54. The van der Waals surface area contributed by atoms with Crippen molar-refractivity contribution in [1.82, 2.24) is 4.90 Å². The van der Waals surface area contributed by atoms with E-state index >= 15 is 0 Å². The number of aryl methyl sites for hydroxylation is 1. The third-order valence-corrected chi connectivity index (χ3v) is 7.50. The number of hydrogen-bond donors (Lipinski definition) is 0. The Hall–Kier alpha value is -3.19. The second-order valence-electron chi connectivity index (χ2n) is 8.09. The predicted octanol–water partition coefficient (Wildman–Crippen LogP) is 4.76. The fourth-order valence-electron chi connectivity index (χ4n) is 3.55. The van der Waals surface area contributed by atoms with Gasteiger partial charge < -0.3 is 4.90 Å². The topological polar surface area (TPSA) is 57.7 Å². The van der Waals surface area contributed by atoms with Crippen LogP contribution in [0.5, 0.6) is 0 Å². The molecule has 4 rings (SSSR count). The highest BCUT2D eigenvalue weighted by atomic mass is 32.2. The Morgan fingerprint density at radius 3 is 2.19 bits per heavy atom. The molecule has 0 aliphatic heterocycles. The summed E-state index contributed by atoms with van der Waals surface area (Å²) in [5.41, 5.74) is 2.35. The molecular formula is C25H25FN2O3S. The number of anilines is 1. The van der Waals surface area contributed by atoms with Gasteiger partial charge in [-0.15, -0.1) is 0 Å². The highest BCUT2D eigenvalue weighted by Crippen LogP contribution is 2.31. The van der Waals surface area contributed by atoms with Crippen LogP contribution in [0.15, 0.2) is 77.7 Å². The minimum absolute atomic E-state index is 0.103. The molecule has 3 aromatic carbocycles. The second kappa shape index (κ2) is 8.74. The molecule has 0 radical (unpaired) electrons. The van der Waals surface area contributed by atoms with Gasteiger partial charge in [-0.3, -0.25) is 9.10 Å². The molecule has 5 nitrogen and oxygen atoms in total. The normalized spacial score (nSPS) is 13.6. The number of nitrogens with zero attached hydrogens (tertiary/aromatic N) is 2. The highest BCUT2D eigenvalue weighted by Gasteiger charge is 2.33. The van der Waals surface area contributed by atoms with Crippen LogP contribution in [0.1, 0.15) is 34.3 Å². The molecule has 1 fully saturated rings. The molecule has 166 valence electrons. The molecule has 0 unspecified atom stereocenters. The van der Waals surface area contributed by atoms with E-state index in [-0.39, 0.29) is 29.2 Å². The molecule has 0 spiro atoms. The number of sulfonamides is 1. The van der Waals surface area contributed by atoms with E-state index in [0.29, 0.717) is 16.8 Å². The molecule has 32 heavy (non-hydrogen) atoms. The van der Waals surface area contributed by atoms with E-state index < -0.39 is 10.0 Å². The fourth-order valence-corrected chi connectivity index (χ4v) is 4.75. The smallest absolute Gasteiger partial charge is 0.264 e. The maximum atomic E-state index is 14.1. The van der Waals surface area contributed by atoms with Crippen LogP contribution < -0.4 is 4.31 Å². The number of hydrogen-bond acceptors (Lipinski definition) is 3. The lowest BCUT2D eigenvalue weighted by atomic mass is 10.1. The summed E-state index contributed by atoms with van der Waals surface area (Å²) in [5, 5.41) is 0. The molecule has 1 aliphatic carbocycles. The molecule has 0 bridgehead atoms. The number of benzene rings is 3. The van der Waals surface area contributed by atoms with Crippen LogP contribution in [0.3, 0.4) is 0 Å². The third-order valence-electron chi connectivity index (χ3n) is 5.70. The van der Waals surface area contributed by atoms with E-state index in [4.69, 9.17) is 0 Å². The average Bonchev–Trinajstić information content (AvgIpc) is 3.63. The largest absolute Gasteiger partial charge is 0.331 e. The number of halogens is 1. The Morgan fingerprint density at radius 1 is 0.969 bits per heavy atom.